The highest BCUT2D eigenvalue weighted by molar-refractivity contribution is 7.47. The maximum Gasteiger partial charge on any atom is 0.472 e. The first-order chi connectivity index (χ1) is 14.0. The van der Waals surface area contributed by atoms with Crippen LogP contribution < -0.4 is 11.5 Å². The molecule has 3 heterocycles. The lowest BCUT2D eigenvalue weighted by atomic mass is 10.0. The van der Waals surface area contributed by atoms with Crippen LogP contribution in [0.3, 0.4) is 0 Å². The fraction of sp³-hybridized carbons (Fsp3) is 0.706. The fourth-order valence-electron chi connectivity index (χ4n) is 3.55. The fourth-order valence-corrected chi connectivity index (χ4v) is 4.70. The molecule has 3 rings (SSSR count). The lowest BCUT2D eigenvalue weighted by molar-refractivity contribution is -0.0520. The summed E-state index contributed by atoms with van der Waals surface area (Å²) in [6, 6.07) is 0. The van der Waals surface area contributed by atoms with Crippen molar-refractivity contribution in [1.82, 2.24) is 19.5 Å². The molecule has 12 nitrogen and oxygen atoms in total. The van der Waals surface area contributed by atoms with Gasteiger partial charge < -0.3 is 25.8 Å². The quantitative estimate of drug-likeness (QED) is 0.508. The molecule has 168 valence electrons. The molecule has 1 saturated heterocycles. The Kier molecular flexibility index (Phi) is 6.66. The smallest absolute Gasteiger partial charge is 0.382 e. The summed E-state index contributed by atoms with van der Waals surface area (Å²) in [6.07, 6.45) is -1.35. The van der Waals surface area contributed by atoms with Crippen molar-refractivity contribution < 1.29 is 28.0 Å². The SMILES string of the molecule is CO[C@H]1C(OP(=O)(O)OC(C)C)[C@@H](CC(C)C)O[C@H]1n1cnc2c(N)nc(N)nc21. The summed E-state index contributed by atoms with van der Waals surface area (Å²) in [5, 5.41) is 0. The van der Waals surface area contributed by atoms with Crippen molar-refractivity contribution in [2.24, 2.45) is 5.92 Å². The highest BCUT2D eigenvalue weighted by atomic mass is 31.2. The molecule has 0 radical (unpaired) electrons. The van der Waals surface area contributed by atoms with E-state index in [1.54, 1.807) is 18.4 Å². The molecule has 0 bridgehead atoms. The van der Waals surface area contributed by atoms with E-state index in [2.05, 4.69) is 15.0 Å². The number of phosphoric ester groups is 1. The van der Waals surface area contributed by atoms with E-state index in [0.717, 1.165) is 0 Å². The molecule has 0 saturated carbocycles. The van der Waals surface area contributed by atoms with Crippen LogP contribution in [0.4, 0.5) is 11.8 Å². The average Bonchev–Trinajstić information content (AvgIpc) is 3.14. The van der Waals surface area contributed by atoms with E-state index in [9.17, 15) is 9.46 Å². The van der Waals surface area contributed by atoms with Crippen molar-refractivity contribution in [1.29, 1.82) is 0 Å². The number of fused-ring (bicyclic) bond motifs is 1. The van der Waals surface area contributed by atoms with Gasteiger partial charge in [0.15, 0.2) is 17.7 Å². The number of anilines is 2. The van der Waals surface area contributed by atoms with E-state index in [1.165, 1.54) is 13.4 Å². The Morgan fingerprint density at radius 2 is 1.97 bits per heavy atom. The van der Waals surface area contributed by atoms with E-state index in [0.29, 0.717) is 17.6 Å². The molecule has 1 fully saturated rings. The predicted molar refractivity (Wildman–Crippen MR) is 109 cm³/mol. The lowest BCUT2D eigenvalue weighted by Crippen LogP contribution is -2.36. The molecular weight excluding hydrogens is 415 g/mol. The summed E-state index contributed by atoms with van der Waals surface area (Å²) in [6.45, 7) is 7.32. The van der Waals surface area contributed by atoms with Gasteiger partial charge in [-0.3, -0.25) is 13.6 Å². The monoisotopic (exact) mass is 444 g/mol. The Hall–Kier alpha value is -1.82. The lowest BCUT2D eigenvalue weighted by Gasteiger charge is -2.26. The normalized spacial score (nSPS) is 26.7. The molecule has 0 aromatic carbocycles. The van der Waals surface area contributed by atoms with Crippen LogP contribution in [0.5, 0.6) is 0 Å². The van der Waals surface area contributed by atoms with Gasteiger partial charge in [0.25, 0.3) is 0 Å². The minimum Gasteiger partial charge on any atom is -0.382 e. The topological polar surface area (TPSA) is 170 Å². The average molecular weight is 444 g/mol. The first-order valence-corrected chi connectivity index (χ1v) is 11.1. The maximum absolute atomic E-state index is 12.5. The second-order valence-corrected chi connectivity index (χ2v) is 9.24. The largest absolute Gasteiger partial charge is 0.472 e. The summed E-state index contributed by atoms with van der Waals surface area (Å²) in [4.78, 5) is 22.6. The zero-order chi connectivity index (χ0) is 22.2. The zero-order valence-corrected chi connectivity index (χ0v) is 18.5. The van der Waals surface area contributed by atoms with Gasteiger partial charge in [0.05, 0.1) is 18.5 Å². The van der Waals surface area contributed by atoms with Gasteiger partial charge in [0, 0.05) is 7.11 Å². The third kappa shape index (κ3) is 4.74. The molecule has 2 aromatic heterocycles. The summed E-state index contributed by atoms with van der Waals surface area (Å²) >= 11 is 0. The van der Waals surface area contributed by atoms with Gasteiger partial charge in [-0.05, 0) is 26.2 Å². The molecule has 0 amide bonds. The number of rotatable bonds is 8. The van der Waals surface area contributed by atoms with Crippen LogP contribution in [0.2, 0.25) is 0 Å². The summed E-state index contributed by atoms with van der Waals surface area (Å²) in [5.74, 6) is 0.361. The molecule has 30 heavy (non-hydrogen) atoms. The van der Waals surface area contributed by atoms with E-state index >= 15 is 0 Å². The Morgan fingerprint density at radius 1 is 1.27 bits per heavy atom. The second-order valence-electron chi connectivity index (χ2n) is 7.88. The first kappa shape index (κ1) is 22.9. The van der Waals surface area contributed by atoms with E-state index < -0.39 is 38.5 Å². The number of imidazole rings is 1. The second kappa shape index (κ2) is 8.74. The number of phosphoric acid groups is 1. The van der Waals surface area contributed by atoms with Crippen molar-refractivity contribution in [3.05, 3.63) is 6.33 Å². The Balaban J connectivity index is 1.99. The van der Waals surface area contributed by atoms with E-state index in [-0.39, 0.29) is 17.7 Å². The predicted octanol–water partition coefficient (Wildman–Crippen LogP) is 1.86. The van der Waals surface area contributed by atoms with Gasteiger partial charge in [-0.2, -0.15) is 9.97 Å². The molecule has 1 aliphatic heterocycles. The maximum atomic E-state index is 12.5. The highest BCUT2D eigenvalue weighted by Crippen LogP contribution is 2.50. The number of methoxy groups -OCH3 is 1. The number of ether oxygens (including phenoxy) is 2. The van der Waals surface area contributed by atoms with Crippen LogP contribution in [0.15, 0.2) is 6.33 Å². The summed E-state index contributed by atoms with van der Waals surface area (Å²) < 4.78 is 36.6. The van der Waals surface area contributed by atoms with Crippen LogP contribution >= 0.6 is 7.82 Å². The van der Waals surface area contributed by atoms with Crippen molar-refractivity contribution in [2.45, 2.75) is 64.8 Å². The zero-order valence-electron chi connectivity index (χ0n) is 17.6. The van der Waals surface area contributed by atoms with Crippen LogP contribution in [0.25, 0.3) is 11.2 Å². The molecular formula is C17H29N6O6P. The molecule has 2 unspecified atom stereocenters. The van der Waals surface area contributed by atoms with Crippen LogP contribution in [-0.2, 0) is 23.1 Å². The van der Waals surface area contributed by atoms with Gasteiger partial charge in [-0.25, -0.2) is 9.55 Å². The van der Waals surface area contributed by atoms with Crippen molar-refractivity contribution in [2.75, 3.05) is 18.6 Å². The van der Waals surface area contributed by atoms with Crippen LogP contribution in [0.1, 0.15) is 40.3 Å². The number of nitrogen functional groups attached to an aromatic ring is 2. The molecule has 0 spiro atoms. The third-order valence-corrected chi connectivity index (χ3v) is 5.80. The minimum atomic E-state index is -4.35. The van der Waals surface area contributed by atoms with Gasteiger partial charge in [0.2, 0.25) is 5.95 Å². The van der Waals surface area contributed by atoms with Crippen LogP contribution in [0, 0.1) is 5.92 Å². The number of nitrogens with two attached hydrogens (primary N) is 2. The Bertz CT molecular complexity index is 937. The van der Waals surface area contributed by atoms with Gasteiger partial charge in [-0.1, -0.05) is 13.8 Å². The molecule has 5 atom stereocenters. The van der Waals surface area contributed by atoms with Crippen molar-refractivity contribution >= 4 is 30.8 Å². The molecule has 5 N–H and O–H groups in total. The van der Waals surface area contributed by atoms with E-state index in [1.807, 2.05) is 13.8 Å². The van der Waals surface area contributed by atoms with Crippen molar-refractivity contribution in [3.63, 3.8) is 0 Å². The summed E-state index contributed by atoms with van der Waals surface area (Å²) in [5.41, 5.74) is 12.4. The molecule has 0 aliphatic carbocycles. The van der Waals surface area contributed by atoms with Crippen LogP contribution in [-0.4, -0.2) is 55.9 Å². The number of aromatic nitrogens is 4. The van der Waals surface area contributed by atoms with E-state index in [4.69, 9.17) is 30.0 Å². The Labute approximate surface area is 174 Å². The van der Waals surface area contributed by atoms with Gasteiger partial charge >= 0.3 is 7.82 Å². The standard InChI is InChI=1S/C17H29N6O6P/c1-8(2)6-10-12(29-30(24,25)28-9(3)4)13(26-5)16(27-10)23-7-20-11-14(18)21-17(19)22-15(11)23/h7-10,12-13,16H,6H2,1-5H3,(H,24,25)(H4,18,19,21,22)/t10-,12?,13+,16-/m1/s1. The number of nitrogens with zero attached hydrogens (tertiary/aromatic N) is 4. The third-order valence-electron chi connectivity index (χ3n) is 4.60. The molecule has 2 aromatic rings. The minimum absolute atomic E-state index is 0.00885. The number of hydrogen-bond donors (Lipinski definition) is 3. The first-order valence-electron chi connectivity index (χ1n) is 9.65. The Morgan fingerprint density at radius 3 is 2.57 bits per heavy atom. The van der Waals surface area contributed by atoms with Gasteiger partial charge in [-0.15, -0.1) is 0 Å². The molecule has 13 heteroatoms. The van der Waals surface area contributed by atoms with Crippen molar-refractivity contribution in [3.8, 4) is 0 Å². The van der Waals surface area contributed by atoms with Gasteiger partial charge in [0.1, 0.15) is 17.7 Å². The highest BCUT2D eigenvalue weighted by Gasteiger charge is 2.50. The summed E-state index contributed by atoms with van der Waals surface area (Å²) in [7, 11) is -2.88. The molecule has 1 aliphatic rings. The number of hydrogen-bond acceptors (Lipinski definition) is 10.